The highest BCUT2D eigenvalue weighted by atomic mass is 32.1. The van der Waals surface area contributed by atoms with Gasteiger partial charge in [-0.15, -0.1) is 11.3 Å². The normalized spacial score (nSPS) is 11.9. The zero-order valence-electron chi connectivity index (χ0n) is 12.9. The van der Waals surface area contributed by atoms with Crippen molar-refractivity contribution in [3.8, 4) is 10.6 Å². The van der Waals surface area contributed by atoms with Gasteiger partial charge in [-0.1, -0.05) is 37.3 Å². The highest BCUT2D eigenvalue weighted by molar-refractivity contribution is 7.13. The summed E-state index contributed by atoms with van der Waals surface area (Å²) in [7, 11) is 0. The molecule has 1 heterocycles. The van der Waals surface area contributed by atoms with E-state index in [2.05, 4.69) is 10.3 Å². The molecular weight excluding hydrogens is 304 g/mol. The van der Waals surface area contributed by atoms with Crippen molar-refractivity contribution in [2.75, 3.05) is 5.32 Å². The maximum absolute atomic E-state index is 12.5. The minimum absolute atomic E-state index is 0.0284. The van der Waals surface area contributed by atoms with E-state index >= 15 is 0 Å². The molecule has 1 amide bonds. The molecule has 1 unspecified atom stereocenters. The van der Waals surface area contributed by atoms with E-state index in [9.17, 15) is 4.79 Å². The molecule has 1 N–H and O–H groups in total. The number of thiazole rings is 1. The molecule has 0 radical (unpaired) electrons. The molecule has 0 aliphatic heterocycles. The molecule has 3 aromatic rings. The maximum atomic E-state index is 12.5. The average Bonchev–Trinajstić information content (AvgIpc) is 3.12. The van der Waals surface area contributed by atoms with E-state index in [1.54, 1.807) is 17.5 Å². The van der Waals surface area contributed by atoms with Gasteiger partial charge in [0.15, 0.2) is 0 Å². The van der Waals surface area contributed by atoms with Gasteiger partial charge >= 0.3 is 0 Å². The number of carbonyl (C=O) groups is 1. The monoisotopic (exact) mass is 322 g/mol. The lowest BCUT2D eigenvalue weighted by atomic mass is 9.95. The number of rotatable bonds is 5. The Morgan fingerprint density at radius 2 is 1.87 bits per heavy atom. The number of carbonyl (C=O) groups excluding carboxylic acids is 1. The van der Waals surface area contributed by atoms with Crippen LogP contribution in [0.25, 0.3) is 10.6 Å². The molecule has 23 heavy (non-hydrogen) atoms. The van der Waals surface area contributed by atoms with Crippen molar-refractivity contribution < 1.29 is 4.79 Å². The Morgan fingerprint density at radius 1 is 1.13 bits per heavy atom. The van der Waals surface area contributed by atoms with Crippen LogP contribution >= 0.6 is 11.3 Å². The van der Waals surface area contributed by atoms with E-state index in [-0.39, 0.29) is 11.8 Å². The summed E-state index contributed by atoms with van der Waals surface area (Å²) in [5, 5.41) is 5.95. The topological polar surface area (TPSA) is 42.0 Å². The lowest BCUT2D eigenvalue weighted by molar-refractivity contribution is -0.117. The first-order chi connectivity index (χ1) is 11.3. The van der Waals surface area contributed by atoms with Gasteiger partial charge in [-0.05, 0) is 36.2 Å². The van der Waals surface area contributed by atoms with Gasteiger partial charge in [-0.3, -0.25) is 4.79 Å². The van der Waals surface area contributed by atoms with Crippen LogP contribution in [-0.4, -0.2) is 10.9 Å². The molecule has 1 atom stereocenters. The van der Waals surface area contributed by atoms with Crippen LogP contribution in [0.3, 0.4) is 0 Å². The standard InChI is InChI=1S/C19H18N2OS/c1-2-17(14-6-4-3-5-7-14)18(22)21-16-10-8-15(9-11-16)19-20-12-13-23-19/h3-13,17H,2H2,1H3,(H,21,22). The summed E-state index contributed by atoms with van der Waals surface area (Å²) in [5.74, 6) is -0.101. The van der Waals surface area contributed by atoms with Gasteiger partial charge in [0.2, 0.25) is 5.91 Å². The summed E-state index contributed by atoms with van der Waals surface area (Å²) >= 11 is 1.60. The zero-order chi connectivity index (χ0) is 16.1. The van der Waals surface area contributed by atoms with Gasteiger partial charge in [0.1, 0.15) is 5.01 Å². The molecule has 0 saturated heterocycles. The van der Waals surface area contributed by atoms with Crippen LogP contribution in [0.2, 0.25) is 0 Å². The Labute approximate surface area is 140 Å². The van der Waals surface area contributed by atoms with Gasteiger partial charge in [0, 0.05) is 22.8 Å². The third-order valence-corrected chi connectivity index (χ3v) is 4.58. The third kappa shape index (κ3) is 3.66. The molecule has 0 aliphatic carbocycles. The van der Waals surface area contributed by atoms with E-state index in [4.69, 9.17) is 0 Å². The molecule has 0 aliphatic rings. The predicted octanol–water partition coefficient (Wildman–Crippen LogP) is 4.94. The number of hydrogen-bond donors (Lipinski definition) is 1. The second kappa shape index (κ2) is 7.20. The number of aromatic nitrogens is 1. The van der Waals surface area contributed by atoms with E-state index in [0.29, 0.717) is 0 Å². The third-order valence-electron chi connectivity index (χ3n) is 3.76. The second-order valence-electron chi connectivity index (χ2n) is 5.28. The van der Waals surface area contributed by atoms with E-state index in [1.165, 1.54) is 0 Å². The molecule has 0 spiro atoms. The van der Waals surface area contributed by atoms with Crippen molar-refractivity contribution in [3.05, 3.63) is 71.7 Å². The highest BCUT2D eigenvalue weighted by Crippen LogP contribution is 2.25. The lowest BCUT2D eigenvalue weighted by Gasteiger charge is -2.15. The zero-order valence-corrected chi connectivity index (χ0v) is 13.7. The quantitative estimate of drug-likeness (QED) is 0.722. The molecule has 2 aromatic carbocycles. The summed E-state index contributed by atoms with van der Waals surface area (Å²) in [6.45, 7) is 2.03. The first-order valence-electron chi connectivity index (χ1n) is 7.63. The fourth-order valence-electron chi connectivity index (χ4n) is 2.55. The Bertz CT molecular complexity index is 752. The van der Waals surface area contributed by atoms with Crippen molar-refractivity contribution in [1.29, 1.82) is 0 Å². The first-order valence-corrected chi connectivity index (χ1v) is 8.51. The summed E-state index contributed by atoms with van der Waals surface area (Å²) < 4.78 is 0. The lowest BCUT2D eigenvalue weighted by Crippen LogP contribution is -2.20. The SMILES string of the molecule is CCC(C(=O)Nc1ccc(-c2nccs2)cc1)c1ccccc1. The van der Waals surface area contributed by atoms with Crippen LogP contribution in [0.1, 0.15) is 24.8 Å². The largest absolute Gasteiger partial charge is 0.326 e. The van der Waals surface area contributed by atoms with Crippen LogP contribution in [0.15, 0.2) is 66.2 Å². The maximum Gasteiger partial charge on any atom is 0.231 e. The Balaban J connectivity index is 1.72. The van der Waals surface area contributed by atoms with Gasteiger partial charge in [0.05, 0.1) is 5.92 Å². The van der Waals surface area contributed by atoms with Gasteiger partial charge < -0.3 is 5.32 Å². The second-order valence-corrected chi connectivity index (χ2v) is 6.17. The van der Waals surface area contributed by atoms with E-state index in [0.717, 1.165) is 28.2 Å². The Hall–Kier alpha value is -2.46. The number of amides is 1. The minimum atomic E-state index is -0.130. The van der Waals surface area contributed by atoms with Gasteiger partial charge in [-0.2, -0.15) is 0 Å². The number of hydrogen-bond acceptors (Lipinski definition) is 3. The molecule has 3 nitrogen and oxygen atoms in total. The van der Waals surface area contributed by atoms with Crippen LogP contribution in [0, 0.1) is 0 Å². The number of anilines is 1. The fraction of sp³-hybridized carbons (Fsp3) is 0.158. The Kier molecular flexibility index (Phi) is 4.83. The molecule has 3 rings (SSSR count). The van der Waals surface area contributed by atoms with Crippen LogP contribution in [0.4, 0.5) is 5.69 Å². The predicted molar refractivity (Wildman–Crippen MR) is 95.7 cm³/mol. The summed E-state index contributed by atoms with van der Waals surface area (Å²) in [4.78, 5) is 16.8. The van der Waals surface area contributed by atoms with Crippen molar-refractivity contribution in [3.63, 3.8) is 0 Å². The van der Waals surface area contributed by atoms with Gasteiger partial charge in [0.25, 0.3) is 0 Å². The summed E-state index contributed by atoms with van der Waals surface area (Å²) in [6.07, 6.45) is 2.56. The van der Waals surface area contributed by atoms with Crippen LogP contribution in [0.5, 0.6) is 0 Å². The number of nitrogens with zero attached hydrogens (tertiary/aromatic N) is 1. The van der Waals surface area contributed by atoms with E-state index in [1.807, 2.05) is 66.9 Å². The summed E-state index contributed by atoms with van der Waals surface area (Å²) in [5.41, 5.74) is 2.92. The number of nitrogens with one attached hydrogen (secondary N) is 1. The number of benzene rings is 2. The molecule has 0 saturated carbocycles. The molecule has 4 heteroatoms. The van der Waals surface area contributed by atoms with Crippen LogP contribution < -0.4 is 5.32 Å². The molecular formula is C19H18N2OS. The average molecular weight is 322 g/mol. The van der Waals surface area contributed by atoms with Crippen molar-refractivity contribution in [2.24, 2.45) is 0 Å². The Morgan fingerprint density at radius 3 is 2.48 bits per heavy atom. The fourth-order valence-corrected chi connectivity index (χ4v) is 3.19. The molecule has 1 aromatic heterocycles. The van der Waals surface area contributed by atoms with Crippen LogP contribution in [-0.2, 0) is 4.79 Å². The molecule has 0 fully saturated rings. The highest BCUT2D eigenvalue weighted by Gasteiger charge is 2.18. The van der Waals surface area contributed by atoms with E-state index < -0.39 is 0 Å². The van der Waals surface area contributed by atoms with Crippen molar-refractivity contribution >= 4 is 22.9 Å². The van der Waals surface area contributed by atoms with Crippen molar-refractivity contribution in [1.82, 2.24) is 4.98 Å². The van der Waals surface area contributed by atoms with Gasteiger partial charge in [-0.25, -0.2) is 4.98 Å². The molecule has 0 bridgehead atoms. The smallest absolute Gasteiger partial charge is 0.231 e. The molecule has 116 valence electrons. The van der Waals surface area contributed by atoms with Crippen molar-refractivity contribution in [2.45, 2.75) is 19.3 Å². The first kappa shape index (κ1) is 15.4. The minimum Gasteiger partial charge on any atom is -0.326 e. The summed E-state index contributed by atoms with van der Waals surface area (Å²) in [6, 6.07) is 17.7.